The molecule has 25 heavy (non-hydrogen) atoms. The second kappa shape index (κ2) is 6.57. The zero-order chi connectivity index (χ0) is 18.0. The Morgan fingerprint density at radius 2 is 1.92 bits per heavy atom. The van der Waals surface area contributed by atoms with Crippen LogP contribution in [0.3, 0.4) is 0 Å². The van der Waals surface area contributed by atoms with Crippen molar-refractivity contribution in [3.05, 3.63) is 65.2 Å². The lowest BCUT2D eigenvalue weighted by Crippen LogP contribution is -2.38. The molecule has 0 spiro atoms. The molecule has 1 amide bonds. The van der Waals surface area contributed by atoms with E-state index in [1.54, 1.807) is 32.9 Å². The zero-order valence-electron chi connectivity index (χ0n) is 14.4. The van der Waals surface area contributed by atoms with E-state index in [2.05, 4.69) is 10.5 Å². The summed E-state index contributed by atoms with van der Waals surface area (Å²) in [7, 11) is 0. The number of rotatable bonds is 5. The van der Waals surface area contributed by atoms with Crippen LogP contribution in [0.15, 0.2) is 51.4 Å². The topological polar surface area (TPSA) is 88.5 Å². The first-order chi connectivity index (χ1) is 11.9. The second-order valence-corrected chi connectivity index (χ2v) is 6.20. The van der Waals surface area contributed by atoms with Gasteiger partial charge in [0.05, 0.1) is 12.2 Å². The first-order valence-electron chi connectivity index (χ1n) is 7.97. The number of nitrogens with one attached hydrogen (secondary N) is 1. The number of carbonyl (C=O) groups excluding carboxylic acids is 1. The fraction of sp³-hybridized carbons (Fsp3) is 0.263. The van der Waals surface area contributed by atoms with Crippen LogP contribution in [0.1, 0.15) is 34.5 Å². The van der Waals surface area contributed by atoms with Crippen LogP contribution in [0.4, 0.5) is 0 Å². The molecule has 130 valence electrons. The fourth-order valence-electron chi connectivity index (χ4n) is 2.58. The summed E-state index contributed by atoms with van der Waals surface area (Å²) in [6, 6.07) is 12.8. The molecule has 0 radical (unpaired) electrons. The predicted molar refractivity (Wildman–Crippen MR) is 92.0 cm³/mol. The van der Waals surface area contributed by atoms with Gasteiger partial charge in [-0.3, -0.25) is 4.79 Å². The average molecular weight is 340 g/mol. The molecule has 2 aromatic heterocycles. The van der Waals surface area contributed by atoms with Gasteiger partial charge in [0.15, 0.2) is 5.76 Å². The number of nitrogens with zero attached hydrogens (tertiary/aromatic N) is 1. The van der Waals surface area contributed by atoms with E-state index >= 15 is 0 Å². The summed E-state index contributed by atoms with van der Waals surface area (Å²) in [5, 5.41) is 17.2. The van der Waals surface area contributed by atoms with Crippen molar-refractivity contribution in [2.24, 2.45) is 0 Å². The van der Waals surface area contributed by atoms with Crippen LogP contribution in [0.25, 0.3) is 11.3 Å². The quantitative estimate of drug-likeness (QED) is 0.745. The Bertz CT molecular complexity index is 878. The van der Waals surface area contributed by atoms with Crippen LogP contribution in [0.2, 0.25) is 0 Å². The van der Waals surface area contributed by atoms with E-state index in [0.29, 0.717) is 28.5 Å². The Morgan fingerprint density at radius 1 is 1.20 bits per heavy atom. The van der Waals surface area contributed by atoms with E-state index in [-0.39, 0.29) is 12.5 Å². The third-order valence-corrected chi connectivity index (χ3v) is 3.99. The van der Waals surface area contributed by atoms with E-state index < -0.39 is 5.60 Å². The molecule has 0 saturated heterocycles. The lowest BCUT2D eigenvalue weighted by molar-refractivity contribution is 0.0323. The summed E-state index contributed by atoms with van der Waals surface area (Å²) in [4.78, 5) is 12.7. The maximum atomic E-state index is 12.7. The van der Waals surface area contributed by atoms with Crippen molar-refractivity contribution >= 4 is 5.91 Å². The first kappa shape index (κ1) is 17.0. The van der Waals surface area contributed by atoms with Gasteiger partial charge < -0.3 is 19.4 Å². The summed E-state index contributed by atoms with van der Waals surface area (Å²) in [6.45, 7) is 5.09. The number of amides is 1. The zero-order valence-corrected chi connectivity index (χ0v) is 14.4. The Hall–Kier alpha value is -2.86. The molecule has 0 aliphatic heterocycles. The molecule has 3 aromatic rings. The van der Waals surface area contributed by atoms with Crippen LogP contribution in [-0.4, -0.2) is 22.7 Å². The number of hydrogen-bond acceptors (Lipinski definition) is 5. The van der Waals surface area contributed by atoms with Gasteiger partial charge >= 0.3 is 0 Å². The highest BCUT2D eigenvalue weighted by atomic mass is 16.5. The van der Waals surface area contributed by atoms with E-state index in [4.69, 9.17) is 8.94 Å². The highest BCUT2D eigenvalue weighted by Crippen LogP contribution is 2.27. The summed E-state index contributed by atoms with van der Waals surface area (Å²) < 4.78 is 10.8. The number of aryl methyl sites for hydroxylation is 2. The van der Waals surface area contributed by atoms with Crippen LogP contribution in [-0.2, 0) is 5.60 Å². The Labute approximate surface area is 145 Å². The van der Waals surface area contributed by atoms with Gasteiger partial charge in [0, 0.05) is 5.56 Å². The minimum absolute atomic E-state index is 0.00234. The number of hydrogen-bond donors (Lipinski definition) is 2. The molecule has 2 N–H and O–H groups in total. The number of aromatic nitrogens is 1. The Balaban J connectivity index is 1.79. The van der Waals surface area contributed by atoms with Gasteiger partial charge in [-0.2, -0.15) is 0 Å². The maximum absolute atomic E-state index is 12.7. The van der Waals surface area contributed by atoms with Gasteiger partial charge in [0.1, 0.15) is 22.7 Å². The smallest absolute Gasteiger partial charge is 0.257 e. The lowest BCUT2D eigenvalue weighted by Gasteiger charge is -2.21. The molecule has 1 atom stereocenters. The van der Waals surface area contributed by atoms with Crippen molar-refractivity contribution < 1.29 is 18.8 Å². The van der Waals surface area contributed by atoms with Crippen molar-refractivity contribution in [3.63, 3.8) is 0 Å². The molecule has 0 saturated carbocycles. The highest BCUT2D eigenvalue weighted by molar-refractivity contribution is 6.00. The number of carbonyl (C=O) groups is 1. The summed E-state index contributed by atoms with van der Waals surface area (Å²) >= 11 is 0. The number of aliphatic hydroxyl groups is 1. The van der Waals surface area contributed by atoms with Crippen molar-refractivity contribution in [3.8, 4) is 11.3 Å². The largest absolute Gasteiger partial charge is 0.463 e. The Kier molecular flexibility index (Phi) is 4.46. The molecule has 0 bridgehead atoms. The van der Waals surface area contributed by atoms with Crippen LogP contribution in [0.5, 0.6) is 0 Å². The monoisotopic (exact) mass is 340 g/mol. The fourth-order valence-corrected chi connectivity index (χ4v) is 2.58. The molecular formula is C19H20N2O4. The van der Waals surface area contributed by atoms with Gasteiger partial charge in [-0.05, 0) is 32.9 Å². The second-order valence-electron chi connectivity index (χ2n) is 6.20. The van der Waals surface area contributed by atoms with Crippen molar-refractivity contribution in [1.29, 1.82) is 0 Å². The molecule has 6 nitrogen and oxygen atoms in total. The van der Waals surface area contributed by atoms with Gasteiger partial charge in [0.2, 0.25) is 0 Å². The van der Waals surface area contributed by atoms with Gasteiger partial charge in [-0.1, -0.05) is 35.5 Å². The van der Waals surface area contributed by atoms with Crippen molar-refractivity contribution in [2.75, 3.05) is 6.54 Å². The van der Waals surface area contributed by atoms with E-state index in [1.807, 2.05) is 30.3 Å². The van der Waals surface area contributed by atoms with Crippen molar-refractivity contribution in [2.45, 2.75) is 26.4 Å². The third-order valence-electron chi connectivity index (χ3n) is 3.99. The average Bonchev–Trinajstić information content (AvgIpc) is 3.20. The number of benzene rings is 1. The first-order valence-corrected chi connectivity index (χ1v) is 7.97. The van der Waals surface area contributed by atoms with Crippen LogP contribution in [0, 0.1) is 13.8 Å². The standard InChI is InChI=1S/C19H20N2O4/c1-12-9-10-15(24-12)19(3,23)11-20-18(22)16-13(2)21-25-17(16)14-7-5-4-6-8-14/h4-10,23H,11H2,1-3H3,(H,20,22). The third kappa shape index (κ3) is 3.49. The molecule has 1 aromatic carbocycles. The minimum atomic E-state index is -1.32. The molecule has 6 heteroatoms. The molecule has 0 aliphatic carbocycles. The summed E-state index contributed by atoms with van der Waals surface area (Å²) in [5.41, 5.74) is 0.297. The normalized spacial score (nSPS) is 13.4. The minimum Gasteiger partial charge on any atom is -0.463 e. The highest BCUT2D eigenvalue weighted by Gasteiger charge is 2.29. The van der Waals surface area contributed by atoms with Gasteiger partial charge in [-0.15, -0.1) is 0 Å². The van der Waals surface area contributed by atoms with Gasteiger partial charge in [-0.25, -0.2) is 0 Å². The van der Waals surface area contributed by atoms with Crippen molar-refractivity contribution in [1.82, 2.24) is 10.5 Å². The lowest BCUT2D eigenvalue weighted by atomic mass is 10.0. The molecule has 0 aliphatic rings. The molecule has 0 fully saturated rings. The number of furan rings is 1. The summed E-state index contributed by atoms with van der Waals surface area (Å²) in [5.74, 6) is 1.14. The van der Waals surface area contributed by atoms with Gasteiger partial charge in [0.25, 0.3) is 5.91 Å². The molecule has 1 unspecified atom stereocenters. The Morgan fingerprint density at radius 3 is 2.56 bits per heavy atom. The molecule has 2 heterocycles. The van der Waals surface area contributed by atoms with E-state index in [1.165, 1.54) is 0 Å². The molecular weight excluding hydrogens is 320 g/mol. The van der Waals surface area contributed by atoms with E-state index in [0.717, 1.165) is 5.56 Å². The SMILES string of the molecule is Cc1ccc(C(C)(O)CNC(=O)c2c(C)noc2-c2ccccc2)o1. The van der Waals surface area contributed by atoms with Crippen LogP contribution < -0.4 is 5.32 Å². The maximum Gasteiger partial charge on any atom is 0.257 e. The predicted octanol–water partition coefficient (Wildman–Crippen LogP) is 3.19. The van der Waals surface area contributed by atoms with Crippen LogP contribution >= 0.6 is 0 Å². The summed E-state index contributed by atoms with van der Waals surface area (Å²) in [6.07, 6.45) is 0. The van der Waals surface area contributed by atoms with E-state index in [9.17, 15) is 9.90 Å². The molecule has 3 rings (SSSR count).